The monoisotopic (exact) mass is 389 g/mol. The highest BCUT2D eigenvalue weighted by molar-refractivity contribution is 6.30. The molecule has 2 aromatic rings. The van der Waals surface area contributed by atoms with Gasteiger partial charge in [0, 0.05) is 30.5 Å². The highest BCUT2D eigenvalue weighted by Crippen LogP contribution is 2.36. The Labute approximate surface area is 166 Å². The normalized spacial score (nSPS) is 17.5. The fraction of sp³-hybridized carbons (Fsp3) is 0.524. The number of carbonyl (C=O) groups excluding carboxylic acids is 1. The van der Waals surface area contributed by atoms with Crippen molar-refractivity contribution in [2.45, 2.75) is 52.0 Å². The number of benzene rings is 1. The maximum absolute atomic E-state index is 13.3. The molecule has 2 heterocycles. The number of rotatable bonds is 5. The number of nitrogens with one attached hydrogen (secondary N) is 1. The Hall–Kier alpha value is -1.85. The van der Waals surface area contributed by atoms with Gasteiger partial charge in [-0.15, -0.1) is 0 Å². The molecule has 3 rings (SSSR count). The topological polar surface area (TPSA) is 56.2 Å². The van der Waals surface area contributed by atoms with Crippen LogP contribution >= 0.6 is 11.6 Å². The van der Waals surface area contributed by atoms with Crippen LogP contribution in [0.5, 0.6) is 0 Å². The molecule has 1 aliphatic heterocycles. The second-order valence-corrected chi connectivity index (χ2v) is 7.94. The molecule has 0 bridgehead atoms. The van der Waals surface area contributed by atoms with Crippen LogP contribution in [0.2, 0.25) is 5.02 Å². The average Bonchev–Trinajstić information content (AvgIpc) is 2.94. The van der Waals surface area contributed by atoms with Crippen LogP contribution in [-0.4, -0.2) is 35.4 Å². The number of hydrogen-bond acceptors (Lipinski definition) is 3. The van der Waals surface area contributed by atoms with E-state index in [0.717, 1.165) is 17.0 Å². The van der Waals surface area contributed by atoms with Gasteiger partial charge in [0.2, 0.25) is 5.91 Å². The van der Waals surface area contributed by atoms with Crippen molar-refractivity contribution >= 4 is 17.5 Å². The highest BCUT2D eigenvalue weighted by atomic mass is 35.5. The van der Waals surface area contributed by atoms with Gasteiger partial charge in [-0.2, -0.15) is 5.10 Å². The molecule has 1 saturated heterocycles. The van der Waals surface area contributed by atoms with Gasteiger partial charge in [0.1, 0.15) is 0 Å². The number of carbonyl (C=O) groups is 1. The van der Waals surface area contributed by atoms with Crippen LogP contribution in [0.1, 0.15) is 48.3 Å². The number of halogens is 1. The van der Waals surface area contributed by atoms with Gasteiger partial charge in [0.15, 0.2) is 0 Å². The summed E-state index contributed by atoms with van der Waals surface area (Å²) in [6.07, 6.45) is 1.35. The molecule has 0 spiro atoms. The van der Waals surface area contributed by atoms with Gasteiger partial charge in [-0.25, -0.2) is 0 Å². The van der Waals surface area contributed by atoms with Gasteiger partial charge < -0.3 is 10.1 Å². The molecular formula is C21H28ClN3O2. The Morgan fingerprint density at radius 3 is 2.44 bits per heavy atom. The van der Waals surface area contributed by atoms with Crippen molar-refractivity contribution in [1.82, 2.24) is 15.1 Å². The van der Waals surface area contributed by atoms with E-state index in [1.807, 2.05) is 35.9 Å². The first-order valence-corrected chi connectivity index (χ1v) is 9.87. The predicted octanol–water partition coefficient (Wildman–Crippen LogP) is 3.89. The minimum Gasteiger partial charge on any atom is -0.381 e. The van der Waals surface area contributed by atoms with Crippen LogP contribution in [0.3, 0.4) is 0 Å². The summed E-state index contributed by atoms with van der Waals surface area (Å²) in [5, 5.41) is 8.46. The second kappa shape index (κ2) is 8.03. The summed E-state index contributed by atoms with van der Waals surface area (Å²) in [6.45, 7) is 9.96. The Bertz CT molecular complexity index is 808. The van der Waals surface area contributed by atoms with E-state index in [0.29, 0.717) is 37.6 Å². The summed E-state index contributed by atoms with van der Waals surface area (Å²) >= 11 is 6.04. The van der Waals surface area contributed by atoms with Crippen LogP contribution in [0, 0.1) is 20.8 Å². The lowest BCUT2D eigenvalue weighted by atomic mass is 9.73. The molecule has 1 fully saturated rings. The van der Waals surface area contributed by atoms with Gasteiger partial charge in [-0.3, -0.25) is 9.48 Å². The number of hydrogen-bond donors (Lipinski definition) is 1. The van der Waals surface area contributed by atoms with E-state index in [1.54, 1.807) is 0 Å². The number of nitrogens with zero attached hydrogens (tertiary/aromatic N) is 2. The Balaban J connectivity index is 1.77. The lowest BCUT2D eigenvalue weighted by Gasteiger charge is -2.36. The van der Waals surface area contributed by atoms with Crippen LogP contribution in [0.4, 0.5) is 0 Å². The van der Waals surface area contributed by atoms with Crippen molar-refractivity contribution in [3.05, 3.63) is 51.8 Å². The molecule has 5 nitrogen and oxygen atoms in total. The maximum atomic E-state index is 13.3. The summed E-state index contributed by atoms with van der Waals surface area (Å²) < 4.78 is 7.53. The standard InChI is InChI=1S/C21H28ClN3O2/c1-14(25-17(4)15(2)16(3)24-25)13-23-20(26)21(9-11-27-12-10-21)18-5-7-19(22)8-6-18/h5-8,14H,9-13H2,1-4H3,(H,23,26)/t14-/m1/s1. The Morgan fingerprint density at radius 2 is 1.89 bits per heavy atom. The molecule has 27 heavy (non-hydrogen) atoms. The van der Waals surface area contributed by atoms with E-state index < -0.39 is 5.41 Å². The minimum atomic E-state index is -0.562. The molecule has 0 saturated carbocycles. The minimum absolute atomic E-state index is 0.0539. The van der Waals surface area contributed by atoms with Gasteiger partial charge in [-0.05, 0) is 63.8 Å². The zero-order valence-electron chi connectivity index (χ0n) is 16.5. The molecule has 0 radical (unpaired) electrons. The first-order valence-electron chi connectivity index (χ1n) is 9.49. The fourth-order valence-electron chi connectivity index (χ4n) is 3.81. The van der Waals surface area contributed by atoms with Crippen molar-refractivity contribution in [1.29, 1.82) is 0 Å². The SMILES string of the molecule is Cc1nn([C@H](C)CNC(=O)C2(c3ccc(Cl)cc3)CCOCC2)c(C)c1C. The summed E-state index contributed by atoms with van der Waals surface area (Å²) in [5.41, 5.74) is 3.83. The molecule has 1 atom stereocenters. The largest absolute Gasteiger partial charge is 0.381 e. The van der Waals surface area contributed by atoms with Gasteiger partial charge in [-0.1, -0.05) is 23.7 Å². The summed E-state index contributed by atoms with van der Waals surface area (Å²) in [7, 11) is 0. The van der Waals surface area contributed by atoms with E-state index in [4.69, 9.17) is 16.3 Å². The molecule has 6 heteroatoms. The predicted molar refractivity (Wildman–Crippen MR) is 107 cm³/mol. The highest BCUT2D eigenvalue weighted by Gasteiger charge is 2.41. The van der Waals surface area contributed by atoms with Crippen LogP contribution in [-0.2, 0) is 14.9 Å². The summed E-state index contributed by atoms with van der Waals surface area (Å²) in [6, 6.07) is 7.70. The average molecular weight is 390 g/mol. The molecule has 0 unspecified atom stereocenters. The smallest absolute Gasteiger partial charge is 0.230 e. The first kappa shape index (κ1) is 19.9. The number of ether oxygens (including phenoxy) is 1. The van der Waals surface area contributed by atoms with Crippen LogP contribution < -0.4 is 5.32 Å². The number of amides is 1. The molecule has 1 aromatic carbocycles. The molecular weight excluding hydrogens is 362 g/mol. The van der Waals surface area contributed by atoms with Crippen molar-refractivity contribution in [3.63, 3.8) is 0 Å². The molecule has 1 aliphatic rings. The van der Waals surface area contributed by atoms with Crippen molar-refractivity contribution in [2.24, 2.45) is 0 Å². The molecule has 1 amide bonds. The Kier molecular flexibility index (Phi) is 5.92. The van der Waals surface area contributed by atoms with Crippen molar-refractivity contribution in [3.8, 4) is 0 Å². The molecule has 1 aromatic heterocycles. The summed E-state index contributed by atoms with van der Waals surface area (Å²) in [4.78, 5) is 13.3. The van der Waals surface area contributed by atoms with E-state index in [-0.39, 0.29) is 11.9 Å². The quantitative estimate of drug-likeness (QED) is 0.844. The van der Waals surface area contributed by atoms with Gasteiger partial charge in [0.25, 0.3) is 0 Å². The number of aryl methyl sites for hydroxylation is 1. The second-order valence-electron chi connectivity index (χ2n) is 7.50. The van der Waals surface area contributed by atoms with Crippen LogP contribution in [0.25, 0.3) is 0 Å². The molecule has 1 N–H and O–H groups in total. The molecule has 0 aliphatic carbocycles. The lowest BCUT2D eigenvalue weighted by Crippen LogP contribution is -2.49. The Morgan fingerprint density at radius 1 is 1.26 bits per heavy atom. The van der Waals surface area contributed by atoms with Gasteiger partial charge >= 0.3 is 0 Å². The van der Waals surface area contributed by atoms with Crippen LogP contribution in [0.15, 0.2) is 24.3 Å². The van der Waals surface area contributed by atoms with Crippen molar-refractivity contribution in [2.75, 3.05) is 19.8 Å². The fourth-order valence-corrected chi connectivity index (χ4v) is 3.93. The zero-order valence-corrected chi connectivity index (χ0v) is 17.3. The zero-order chi connectivity index (χ0) is 19.6. The molecule has 146 valence electrons. The maximum Gasteiger partial charge on any atom is 0.230 e. The third-order valence-electron chi connectivity index (χ3n) is 5.84. The third kappa shape index (κ3) is 3.90. The van der Waals surface area contributed by atoms with E-state index in [1.165, 1.54) is 5.56 Å². The lowest BCUT2D eigenvalue weighted by molar-refractivity contribution is -0.130. The van der Waals surface area contributed by atoms with Crippen molar-refractivity contribution < 1.29 is 9.53 Å². The van der Waals surface area contributed by atoms with E-state index >= 15 is 0 Å². The van der Waals surface area contributed by atoms with E-state index in [9.17, 15) is 4.79 Å². The summed E-state index contributed by atoms with van der Waals surface area (Å²) in [5.74, 6) is 0.0539. The third-order valence-corrected chi connectivity index (χ3v) is 6.09. The van der Waals surface area contributed by atoms with E-state index in [2.05, 4.69) is 31.2 Å². The first-order chi connectivity index (χ1) is 12.8. The van der Waals surface area contributed by atoms with Gasteiger partial charge in [0.05, 0.1) is 17.2 Å². The number of aromatic nitrogens is 2.